The average molecular weight is 470 g/mol. The third-order valence-corrected chi connectivity index (χ3v) is 5.97. The first kappa shape index (κ1) is 26.0. The number of fused-ring (bicyclic) bond motifs is 2. The number of rotatable bonds is 14. The van der Waals surface area contributed by atoms with E-state index in [0.717, 1.165) is 38.7 Å². The molecule has 0 saturated heterocycles. The second-order valence-corrected chi connectivity index (χ2v) is 8.28. The van der Waals surface area contributed by atoms with Crippen molar-refractivity contribution in [3.05, 3.63) is 51.0 Å². The summed E-state index contributed by atoms with van der Waals surface area (Å²) in [6, 6.07) is 5.44. The van der Waals surface area contributed by atoms with Crippen LogP contribution in [-0.4, -0.2) is 59.1 Å². The normalized spacial score (nSPS) is 12.0. The fourth-order valence-electron chi connectivity index (χ4n) is 3.69. The molecule has 1 aliphatic heterocycles. The van der Waals surface area contributed by atoms with E-state index in [-0.39, 0.29) is 5.78 Å². The van der Waals surface area contributed by atoms with Crippen LogP contribution in [-0.2, 0) is 18.9 Å². The molecule has 7 heteroatoms. The van der Waals surface area contributed by atoms with Crippen molar-refractivity contribution in [2.45, 2.75) is 33.6 Å². The van der Waals surface area contributed by atoms with Crippen molar-refractivity contribution < 1.29 is 28.5 Å². The first-order valence-corrected chi connectivity index (χ1v) is 11.7. The van der Waals surface area contributed by atoms with Gasteiger partial charge in [0.05, 0.1) is 39.6 Å². The summed E-state index contributed by atoms with van der Waals surface area (Å²) >= 11 is 0. The number of methoxy groups -OCH3 is 1. The van der Waals surface area contributed by atoms with Crippen molar-refractivity contribution >= 4 is 18.0 Å². The number of ether oxygens (including phenoxy) is 5. The van der Waals surface area contributed by atoms with Gasteiger partial charge in [-0.3, -0.25) is 4.79 Å². The maximum absolute atomic E-state index is 12.7. The third kappa shape index (κ3) is 6.51. The molecule has 0 unspecified atom stereocenters. The summed E-state index contributed by atoms with van der Waals surface area (Å²) < 4.78 is 27.4. The van der Waals surface area contributed by atoms with Crippen LogP contribution in [0.15, 0.2) is 23.2 Å². The summed E-state index contributed by atoms with van der Waals surface area (Å²) in [5.74, 6) is 1.38. The van der Waals surface area contributed by atoms with Crippen LogP contribution in [0.1, 0.15) is 39.9 Å². The molecule has 0 aliphatic carbocycles. The maximum atomic E-state index is 12.7. The zero-order valence-electron chi connectivity index (χ0n) is 20.7. The van der Waals surface area contributed by atoms with Gasteiger partial charge in [-0.2, -0.15) is 0 Å². The molecule has 0 fully saturated rings. The van der Waals surface area contributed by atoms with E-state index in [1.807, 2.05) is 26.0 Å². The van der Waals surface area contributed by atoms with Gasteiger partial charge in [-0.05, 0) is 61.7 Å². The molecule has 184 valence electrons. The van der Waals surface area contributed by atoms with Crippen LogP contribution in [0.5, 0.6) is 11.5 Å². The fourth-order valence-corrected chi connectivity index (χ4v) is 3.69. The highest BCUT2D eigenvalue weighted by molar-refractivity contribution is 5.97. The van der Waals surface area contributed by atoms with E-state index in [1.54, 1.807) is 13.2 Å². The van der Waals surface area contributed by atoms with Gasteiger partial charge < -0.3 is 23.7 Å². The van der Waals surface area contributed by atoms with Crippen LogP contribution in [0.3, 0.4) is 0 Å². The molecule has 0 amide bonds. The smallest absolute Gasteiger partial charge is 0.163 e. The summed E-state index contributed by atoms with van der Waals surface area (Å²) in [4.78, 5) is 17.5. The number of ketones is 1. The van der Waals surface area contributed by atoms with Crippen molar-refractivity contribution in [1.29, 1.82) is 0 Å². The Hall–Kier alpha value is -2.58. The summed E-state index contributed by atoms with van der Waals surface area (Å²) in [7, 11) is 1.64. The van der Waals surface area contributed by atoms with E-state index in [1.165, 1.54) is 0 Å². The van der Waals surface area contributed by atoms with Gasteiger partial charge >= 0.3 is 0 Å². The lowest BCUT2D eigenvalue weighted by Crippen LogP contribution is -2.24. The molecule has 7 nitrogen and oxygen atoms in total. The SMILES string of the molecule is C=c1c(C)c(C)c2c(c1C)Oc1cc(C(=O)CCCOCCOCCOCCOC)ccc1N=2. The van der Waals surface area contributed by atoms with E-state index >= 15 is 0 Å². The summed E-state index contributed by atoms with van der Waals surface area (Å²) in [5, 5.41) is 1.80. The number of benzene rings is 2. The van der Waals surface area contributed by atoms with Crippen LogP contribution in [0.2, 0.25) is 0 Å². The average Bonchev–Trinajstić information content (AvgIpc) is 2.85. The minimum atomic E-state index is 0.0555. The van der Waals surface area contributed by atoms with Crippen molar-refractivity contribution in [3.8, 4) is 11.5 Å². The molecule has 34 heavy (non-hydrogen) atoms. The Morgan fingerprint density at radius 1 is 0.912 bits per heavy atom. The Kier molecular flexibility index (Phi) is 9.77. The topological polar surface area (TPSA) is 75.6 Å². The van der Waals surface area contributed by atoms with Crippen molar-refractivity contribution in [2.75, 3.05) is 53.4 Å². The predicted octanol–water partition coefficient (Wildman–Crippen LogP) is 3.74. The number of Topliss-reactive ketones (excluding diaryl/α,β-unsaturated/α-hetero) is 1. The van der Waals surface area contributed by atoms with E-state index in [2.05, 4.69) is 13.5 Å². The van der Waals surface area contributed by atoms with Crippen LogP contribution in [0, 0.1) is 20.8 Å². The van der Waals surface area contributed by atoms with Crippen LogP contribution < -0.4 is 15.3 Å². The van der Waals surface area contributed by atoms with Crippen molar-refractivity contribution in [3.63, 3.8) is 0 Å². The van der Waals surface area contributed by atoms with Gasteiger partial charge in [-0.15, -0.1) is 0 Å². The standard InChI is InChI=1S/C27H35NO6/c1-18-19(2)21(4)27-26(20(18)3)28-23-9-8-22(17-25(23)34-27)24(29)7-6-10-31-13-14-33-16-15-32-12-11-30-5/h8-9,17H,2,6-7,10-16H2,1,3-5H3. The zero-order chi connectivity index (χ0) is 24.5. The molecule has 1 aliphatic rings. The molecule has 0 spiro atoms. The zero-order valence-corrected chi connectivity index (χ0v) is 20.7. The summed E-state index contributed by atoms with van der Waals surface area (Å²) in [6.07, 6.45) is 1.05. The fraction of sp³-hybridized carbons (Fsp3) is 0.481. The highest BCUT2D eigenvalue weighted by Gasteiger charge is 2.19. The van der Waals surface area contributed by atoms with E-state index in [0.29, 0.717) is 70.4 Å². The number of hydrogen-bond donors (Lipinski definition) is 0. The summed E-state index contributed by atoms with van der Waals surface area (Å²) in [5.41, 5.74) is 4.52. The molecule has 0 bridgehead atoms. The Balaban J connectivity index is 1.44. The highest BCUT2D eigenvalue weighted by Crippen LogP contribution is 2.36. The van der Waals surface area contributed by atoms with Crippen LogP contribution in [0.4, 0.5) is 5.69 Å². The van der Waals surface area contributed by atoms with Gasteiger partial charge in [0.2, 0.25) is 0 Å². The van der Waals surface area contributed by atoms with Gasteiger partial charge in [-0.25, -0.2) is 4.99 Å². The molecule has 2 aromatic carbocycles. The summed E-state index contributed by atoms with van der Waals surface area (Å²) in [6.45, 7) is 14.0. The Labute approximate surface area is 201 Å². The number of nitrogens with zero attached hydrogens (tertiary/aromatic N) is 1. The lowest BCUT2D eigenvalue weighted by atomic mass is 10.0. The number of carbonyl (C=O) groups is 1. The first-order valence-electron chi connectivity index (χ1n) is 11.7. The largest absolute Gasteiger partial charge is 0.452 e. The second-order valence-electron chi connectivity index (χ2n) is 8.28. The molecule has 0 N–H and O–H groups in total. The van der Waals surface area contributed by atoms with Gasteiger partial charge in [0.1, 0.15) is 11.0 Å². The molecule has 0 radical (unpaired) electrons. The lowest BCUT2D eigenvalue weighted by molar-refractivity contribution is 0.00334. The molecule has 0 atom stereocenters. The molecule has 0 saturated carbocycles. The molecule has 1 heterocycles. The van der Waals surface area contributed by atoms with Crippen LogP contribution in [0.25, 0.3) is 6.58 Å². The predicted molar refractivity (Wildman–Crippen MR) is 131 cm³/mol. The van der Waals surface area contributed by atoms with Crippen molar-refractivity contribution in [2.24, 2.45) is 4.99 Å². The number of hydrogen-bond acceptors (Lipinski definition) is 7. The van der Waals surface area contributed by atoms with E-state index in [9.17, 15) is 4.79 Å². The third-order valence-electron chi connectivity index (χ3n) is 5.97. The van der Waals surface area contributed by atoms with Crippen LogP contribution >= 0.6 is 0 Å². The maximum Gasteiger partial charge on any atom is 0.163 e. The Morgan fingerprint density at radius 2 is 1.56 bits per heavy atom. The Bertz CT molecular complexity index is 1110. The van der Waals surface area contributed by atoms with Crippen molar-refractivity contribution in [1.82, 2.24) is 0 Å². The molecular weight excluding hydrogens is 434 g/mol. The van der Waals surface area contributed by atoms with E-state index < -0.39 is 0 Å². The minimum Gasteiger partial charge on any atom is -0.452 e. The monoisotopic (exact) mass is 469 g/mol. The van der Waals surface area contributed by atoms with Gasteiger partial charge in [0.15, 0.2) is 17.3 Å². The molecular formula is C27H35NO6. The molecule has 3 rings (SSSR count). The van der Waals surface area contributed by atoms with E-state index in [4.69, 9.17) is 28.7 Å². The molecule has 2 aromatic rings. The highest BCUT2D eigenvalue weighted by atomic mass is 16.6. The second kappa shape index (κ2) is 12.8. The number of carbonyl (C=O) groups excluding carboxylic acids is 1. The van der Waals surface area contributed by atoms with Gasteiger partial charge in [0.25, 0.3) is 0 Å². The quantitative estimate of drug-likeness (QED) is 0.265. The van der Waals surface area contributed by atoms with Gasteiger partial charge in [0, 0.05) is 31.3 Å². The lowest BCUT2D eigenvalue weighted by Gasteiger charge is -2.19. The first-order chi connectivity index (χ1) is 16.4. The van der Waals surface area contributed by atoms with Gasteiger partial charge in [-0.1, -0.05) is 6.58 Å². The molecule has 0 aromatic heterocycles. The Morgan fingerprint density at radius 3 is 2.24 bits per heavy atom. The minimum absolute atomic E-state index is 0.0555.